The Balaban J connectivity index is 1.62. The van der Waals surface area contributed by atoms with Gasteiger partial charge in [0.25, 0.3) is 0 Å². The molecule has 0 aliphatic rings. The summed E-state index contributed by atoms with van der Waals surface area (Å²) in [5.41, 5.74) is 5.93. The predicted octanol–water partition coefficient (Wildman–Crippen LogP) is 7.91. The van der Waals surface area contributed by atoms with Crippen LogP contribution < -0.4 is 4.90 Å². The first-order chi connectivity index (χ1) is 18.8. The van der Waals surface area contributed by atoms with Crippen LogP contribution in [0.1, 0.15) is 80.0 Å². The van der Waals surface area contributed by atoms with Crippen LogP contribution in [0.3, 0.4) is 0 Å². The van der Waals surface area contributed by atoms with Crippen molar-refractivity contribution in [3.8, 4) is 0 Å². The molecule has 4 rings (SSSR count). The number of anilines is 1. The van der Waals surface area contributed by atoms with E-state index in [9.17, 15) is 9.59 Å². The second kappa shape index (κ2) is 12.8. The van der Waals surface area contributed by atoms with Crippen LogP contribution in [-0.4, -0.2) is 28.0 Å². The van der Waals surface area contributed by atoms with E-state index in [2.05, 4.69) is 62.9 Å². The number of benzene rings is 3. The smallest absolute Gasteiger partial charge is 0.303 e. The predicted molar refractivity (Wildman–Crippen MR) is 160 cm³/mol. The molecule has 0 amide bonds. The van der Waals surface area contributed by atoms with Gasteiger partial charge in [-0.05, 0) is 61.4 Å². The summed E-state index contributed by atoms with van der Waals surface area (Å²) >= 11 is 0. The Kier molecular flexibility index (Phi) is 9.23. The molecule has 4 aromatic rings. The molecular weight excluding hydrogens is 484 g/mol. The van der Waals surface area contributed by atoms with Gasteiger partial charge in [-0.2, -0.15) is 0 Å². The minimum atomic E-state index is -0.808. The van der Waals surface area contributed by atoms with Crippen LogP contribution in [0, 0.1) is 5.92 Å². The molecule has 204 valence electrons. The molecule has 1 heterocycles. The van der Waals surface area contributed by atoms with E-state index >= 15 is 0 Å². The highest BCUT2D eigenvalue weighted by Gasteiger charge is 2.21. The topological polar surface area (TPSA) is 62.5 Å². The van der Waals surface area contributed by atoms with Crippen molar-refractivity contribution in [3.63, 3.8) is 0 Å². The van der Waals surface area contributed by atoms with Crippen molar-refractivity contribution in [2.75, 3.05) is 11.4 Å². The Morgan fingerprint density at radius 3 is 2.36 bits per heavy atom. The highest BCUT2D eigenvalue weighted by molar-refractivity contribution is 6.16. The molecule has 1 atom stereocenters. The van der Waals surface area contributed by atoms with Crippen molar-refractivity contribution >= 4 is 28.3 Å². The number of carbonyl (C=O) groups excluding carboxylic acids is 1. The standard InChI is InChI=1S/C34H40N2O3/c1-5-31(26-18-16-25(17-19-26)21-24(3)4)36(6-2)28-12-9-11-27(22-28)34(39)30-23-35(20-10-15-33(37)38)32-14-8-7-13-29(30)32/h7-9,11-14,16-19,22-24,31H,5-6,10,15,20-21H2,1-4H3,(H,37,38). The number of para-hydroxylation sites is 1. The molecule has 0 spiro atoms. The zero-order valence-electron chi connectivity index (χ0n) is 23.6. The molecule has 0 saturated carbocycles. The maximum absolute atomic E-state index is 13.8. The van der Waals surface area contributed by atoms with E-state index in [-0.39, 0.29) is 18.2 Å². The van der Waals surface area contributed by atoms with Gasteiger partial charge in [0.05, 0.1) is 6.04 Å². The van der Waals surface area contributed by atoms with Gasteiger partial charge in [0, 0.05) is 53.4 Å². The van der Waals surface area contributed by atoms with Crippen LogP contribution in [0.5, 0.6) is 0 Å². The summed E-state index contributed by atoms with van der Waals surface area (Å²) in [5.74, 6) is -0.201. The van der Waals surface area contributed by atoms with Crippen LogP contribution in [0.4, 0.5) is 5.69 Å². The van der Waals surface area contributed by atoms with Crippen LogP contribution in [-0.2, 0) is 17.8 Å². The summed E-state index contributed by atoms with van der Waals surface area (Å²) < 4.78 is 2.00. The van der Waals surface area contributed by atoms with Gasteiger partial charge in [0.15, 0.2) is 5.78 Å². The average Bonchev–Trinajstić information content (AvgIpc) is 3.30. The molecule has 0 radical (unpaired) electrons. The number of carbonyl (C=O) groups is 2. The fraction of sp³-hybridized carbons (Fsp3) is 0.353. The van der Waals surface area contributed by atoms with Gasteiger partial charge in [-0.15, -0.1) is 0 Å². The minimum absolute atomic E-state index is 0.0211. The number of fused-ring (bicyclic) bond motifs is 1. The molecule has 0 aliphatic heterocycles. The van der Waals surface area contributed by atoms with Crippen LogP contribution >= 0.6 is 0 Å². The Morgan fingerprint density at radius 1 is 0.949 bits per heavy atom. The van der Waals surface area contributed by atoms with Gasteiger partial charge in [-0.3, -0.25) is 9.59 Å². The molecule has 0 fully saturated rings. The second-order valence-electron chi connectivity index (χ2n) is 10.7. The second-order valence-corrected chi connectivity index (χ2v) is 10.7. The number of carboxylic acids is 1. The van der Waals surface area contributed by atoms with Crippen LogP contribution in [0.15, 0.2) is 79.0 Å². The van der Waals surface area contributed by atoms with Gasteiger partial charge < -0.3 is 14.6 Å². The number of nitrogens with zero attached hydrogens (tertiary/aromatic N) is 2. The fourth-order valence-electron chi connectivity index (χ4n) is 5.56. The number of rotatable bonds is 13. The van der Waals surface area contributed by atoms with Crippen molar-refractivity contribution in [3.05, 3.63) is 101 Å². The van der Waals surface area contributed by atoms with Crippen molar-refractivity contribution < 1.29 is 14.7 Å². The Bertz CT molecular complexity index is 1420. The van der Waals surface area contributed by atoms with Crippen molar-refractivity contribution in [1.82, 2.24) is 4.57 Å². The number of hydrogen-bond donors (Lipinski definition) is 1. The Hall–Kier alpha value is -3.86. The zero-order chi connectivity index (χ0) is 27.9. The first-order valence-electron chi connectivity index (χ1n) is 14.1. The van der Waals surface area contributed by atoms with E-state index in [1.165, 1.54) is 11.1 Å². The fourth-order valence-corrected chi connectivity index (χ4v) is 5.56. The van der Waals surface area contributed by atoms with Crippen LogP contribution in [0.2, 0.25) is 0 Å². The molecule has 3 aromatic carbocycles. The van der Waals surface area contributed by atoms with E-state index in [0.717, 1.165) is 36.0 Å². The molecule has 1 unspecified atom stereocenters. The average molecular weight is 525 g/mol. The third kappa shape index (κ3) is 6.59. The first kappa shape index (κ1) is 28.2. The quantitative estimate of drug-likeness (QED) is 0.181. The van der Waals surface area contributed by atoms with Gasteiger partial charge in [-0.25, -0.2) is 0 Å². The van der Waals surface area contributed by atoms with E-state index in [0.29, 0.717) is 30.0 Å². The molecule has 0 aliphatic carbocycles. The van der Waals surface area contributed by atoms with E-state index in [1.807, 2.05) is 53.2 Å². The normalized spacial score (nSPS) is 12.1. The molecule has 0 bridgehead atoms. The molecule has 5 nitrogen and oxygen atoms in total. The lowest BCUT2D eigenvalue weighted by atomic mass is 9.96. The maximum atomic E-state index is 13.8. The molecule has 5 heteroatoms. The third-order valence-corrected chi connectivity index (χ3v) is 7.37. The Morgan fingerprint density at radius 2 is 1.69 bits per heavy atom. The highest BCUT2D eigenvalue weighted by atomic mass is 16.4. The lowest BCUT2D eigenvalue weighted by Crippen LogP contribution is -2.28. The number of ketones is 1. The number of aromatic nitrogens is 1. The van der Waals surface area contributed by atoms with Gasteiger partial charge in [0.1, 0.15) is 0 Å². The van der Waals surface area contributed by atoms with E-state index < -0.39 is 5.97 Å². The van der Waals surface area contributed by atoms with Gasteiger partial charge in [0.2, 0.25) is 0 Å². The number of carboxylic acid groups (broad SMARTS) is 1. The van der Waals surface area contributed by atoms with Crippen LogP contribution in [0.25, 0.3) is 10.9 Å². The summed E-state index contributed by atoms with van der Waals surface area (Å²) in [5, 5.41) is 9.94. The van der Waals surface area contributed by atoms with E-state index in [4.69, 9.17) is 5.11 Å². The first-order valence-corrected chi connectivity index (χ1v) is 14.1. The summed E-state index contributed by atoms with van der Waals surface area (Å²) in [7, 11) is 0. The summed E-state index contributed by atoms with van der Waals surface area (Å²) in [6.45, 7) is 10.2. The van der Waals surface area contributed by atoms with Gasteiger partial charge >= 0.3 is 5.97 Å². The highest BCUT2D eigenvalue weighted by Crippen LogP contribution is 2.32. The Labute approximate surface area is 232 Å². The summed E-state index contributed by atoms with van der Waals surface area (Å²) in [6.07, 6.45) is 4.53. The molecule has 0 saturated heterocycles. The third-order valence-electron chi connectivity index (χ3n) is 7.37. The number of aliphatic carboxylic acids is 1. The van der Waals surface area contributed by atoms with E-state index in [1.54, 1.807) is 0 Å². The molecule has 1 N–H and O–H groups in total. The van der Waals surface area contributed by atoms with Gasteiger partial charge in [-0.1, -0.05) is 75.4 Å². The lowest BCUT2D eigenvalue weighted by Gasteiger charge is -2.33. The van der Waals surface area contributed by atoms with Crippen molar-refractivity contribution in [2.45, 2.75) is 66.0 Å². The maximum Gasteiger partial charge on any atom is 0.303 e. The van der Waals surface area contributed by atoms with Crippen molar-refractivity contribution in [1.29, 1.82) is 0 Å². The molecular formula is C34H40N2O3. The molecule has 39 heavy (non-hydrogen) atoms. The lowest BCUT2D eigenvalue weighted by molar-refractivity contribution is -0.137. The number of aryl methyl sites for hydroxylation is 1. The monoisotopic (exact) mass is 524 g/mol. The minimum Gasteiger partial charge on any atom is -0.481 e. The summed E-state index contributed by atoms with van der Waals surface area (Å²) in [6, 6.07) is 25.0. The summed E-state index contributed by atoms with van der Waals surface area (Å²) in [4.78, 5) is 27.2. The molecule has 1 aromatic heterocycles. The largest absolute Gasteiger partial charge is 0.481 e. The number of hydrogen-bond acceptors (Lipinski definition) is 3. The zero-order valence-corrected chi connectivity index (χ0v) is 23.6. The SMILES string of the molecule is CCC(c1ccc(CC(C)C)cc1)N(CC)c1cccc(C(=O)c2cn(CCCC(=O)O)c3ccccc23)c1. The van der Waals surface area contributed by atoms with Crippen molar-refractivity contribution in [2.24, 2.45) is 5.92 Å².